The van der Waals surface area contributed by atoms with Crippen molar-refractivity contribution in [3.63, 3.8) is 0 Å². The molecule has 0 atom stereocenters. The van der Waals surface area contributed by atoms with E-state index in [1.807, 2.05) is 38.1 Å². The largest absolute Gasteiger partial charge is 0.306 e. The molecule has 3 aromatic heterocycles. The van der Waals surface area contributed by atoms with Gasteiger partial charge in [0.1, 0.15) is 10.7 Å². The summed E-state index contributed by atoms with van der Waals surface area (Å²) in [6.07, 6.45) is 3.39. The minimum Gasteiger partial charge on any atom is -0.306 e. The number of aromatic amines is 1. The maximum absolute atomic E-state index is 12.9. The fourth-order valence-electron chi connectivity index (χ4n) is 2.91. The van der Waals surface area contributed by atoms with Crippen LogP contribution in [0.2, 0.25) is 0 Å². The van der Waals surface area contributed by atoms with E-state index in [9.17, 15) is 4.79 Å². The molecule has 1 aromatic carbocycles. The lowest BCUT2D eigenvalue weighted by Crippen LogP contribution is -2.09. The molecule has 3 heterocycles. The molecular weight excluding hydrogens is 398 g/mol. The van der Waals surface area contributed by atoms with E-state index < -0.39 is 0 Å². The first-order valence-corrected chi connectivity index (χ1v) is 9.36. The Balaban J connectivity index is 2.01. The van der Waals surface area contributed by atoms with Crippen molar-refractivity contribution in [1.82, 2.24) is 15.0 Å². The highest BCUT2D eigenvalue weighted by Crippen LogP contribution is 2.39. The third kappa shape index (κ3) is 2.81. The van der Waals surface area contributed by atoms with Gasteiger partial charge in [0.15, 0.2) is 0 Å². The summed E-state index contributed by atoms with van der Waals surface area (Å²) in [5.41, 5.74) is 3.78. The Morgan fingerprint density at radius 1 is 1.20 bits per heavy atom. The van der Waals surface area contributed by atoms with Crippen molar-refractivity contribution in [3.8, 4) is 22.5 Å². The van der Waals surface area contributed by atoms with E-state index in [2.05, 4.69) is 36.9 Å². The maximum Gasteiger partial charge on any atom is 0.260 e. The number of pyridine rings is 1. The van der Waals surface area contributed by atoms with Crippen LogP contribution >= 0.6 is 27.3 Å². The summed E-state index contributed by atoms with van der Waals surface area (Å²) >= 11 is 5.15. The average molecular weight is 412 g/mol. The lowest BCUT2D eigenvalue weighted by atomic mass is 10.0. The second-order valence-electron chi connectivity index (χ2n) is 5.85. The molecule has 0 saturated heterocycles. The minimum absolute atomic E-state index is 0.128. The molecule has 0 radical (unpaired) electrons. The molecule has 0 bridgehead atoms. The number of fused-ring (bicyclic) bond motifs is 1. The maximum atomic E-state index is 12.9. The molecule has 0 unspecified atom stereocenters. The van der Waals surface area contributed by atoms with Gasteiger partial charge in [-0.15, -0.1) is 11.3 Å². The molecule has 0 fully saturated rings. The summed E-state index contributed by atoms with van der Waals surface area (Å²) in [4.78, 5) is 26.3. The fourth-order valence-corrected chi connectivity index (χ4v) is 4.40. The normalized spacial score (nSPS) is 11.2. The van der Waals surface area contributed by atoms with E-state index >= 15 is 0 Å². The first-order chi connectivity index (χ1) is 12.0. The average Bonchev–Trinajstić information content (AvgIpc) is 2.94. The minimum atomic E-state index is -0.128. The van der Waals surface area contributed by atoms with Crippen LogP contribution in [-0.4, -0.2) is 15.0 Å². The Bertz CT molecular complexity index is 1150. The molecule has 6 heteroatoms. The van der Waals surface area contributed by atoms with Gasteiger partial charge in [0, 0.05) is 32.9 Å². The summed E-state index contributed by atoms with van der Waals surface area (Å²) in [7, 11) is 0. The molecule has 0 saturated carbocycles. The van der Waals surface area contributed by atoms with E-state index in [4.69, 9.17) is 0 Å². The zero-order chi connectivity index (χ0) is 17.6. The number of nitrogens with one attached hydrogen (secondary N) is 1. The first-order valence-electron chi connectivity index (χ1n) is 7.75. The highest BCUT2D eigenvalue weighted by atomic mass is 79.9. The van der Waals surface area contributed by atoms with Crippen LogP contribution in [0.1, 0.15) is 10.4 Å². The van der Waals surface area contributed by atoms with Gasteiger partial charge in [0.25, 0.3) is 5.56 Å². The van der Waals surface area contributed by atoms with Crippen molar-refractivity contribution in [2.75, 3.05) is 0 Å². The predicted molar refractivity (Wildman–Crippen MR) is 106 cm³/mol. The fraction of sp³-hybridized carbons (Fsp3) is 0.105. The second-order valence-corrected chi connectivity index (χ2v) is 7.91. The van der Waals surface area contributed by atoms with Gasteiger partial charge in [0.05, 0.1) is 5.39 Å². The predicted octanol–water partition coefficient (Wildman–Crippen LogP) is 5.09. The van der Waals surface area contributed by atoms with E-state index in [0.29, 0.717) is 11.2 Å². The Kier molecular flexibility index (Phi) is 4.01. The SMILES string of the molecule is Cc1ccc(Br)c(-c2c(C)sc3nc(-c4cccnc4)[nH]c(=O)c23)c1. The molecule has 25 heavy (non-hydrogen) atoms. The molecule has 4 nitrogen and oxygen atoms in total. The topological polar surface area (TPSA) is 58.6 Å². The van der Waals surface area contributed by atoms with Gasteiger partial charge < -0.3 is 4.98 Å². The van der Waals surface area contributed by atoms with Crippen molar-refractivity contribution in [2.45, 2.75) is 13.8 Å². The number of H-pyrrole nitrogens is 1. The Labute approximate surface area is 156 Å². The molecule has 4 aromatic rings. The van der Waals surface area contributed by atoms with Crippen LogP contribution in [0.5, 0.6) is 0 Å². The smallest absolute Gasteiger partial charge is 0.260 e. The number of hydrogen-bond donors (Lipinski definition) is 1. The summed E-state index contributed by atoms with van der Waals surface area (Å²) in [5, 5.41) is 0.640. The Hall–Kier alpha value is -2.31. The second kappa shape index (κ2) is 6.20. The summed E-state index contributed by atoms with van der Waals surface area (Å²) in [6, 6.07) is 9.86. The van der Waals surface area contributed by atoms with Crippen LogP contribution in [0.25, 0.3) is 32.7 Å². The third-order valence-electron chi connectivity index (χ3n) is 4.06. The van der Waals surface area contributed by atoms with Gasteiger partial charge in [-0.05, 0) is 37.6 Å². The Morgan fingerprint density at radius 2 is 2.04 bits per heavy atom. The van der Waals surface area contributed by atoms with Gasteiger partial charge in [-0.25, -0.2) is 4.98 Å². The van der Waals surface area contributed by atoms with Crippen LogP contribution < -0.4 is 5.56 Å². The molecule has 1 N–H and O–H groups in total. The van der Waals surface area contributed by atoms with Crippen LogP contribution in [0.4, 0.5) is 0 Å². The van der Waals surface area contributed by atoms with Gasteiger partial charge in [0.2, 0.25) is 0 Å². The number of halogens is 1. The zero-order valence-corrected chi connectivity index (χ0v) is 16.0. The lowest BCUT2D eigenvalue weighted by molar-refractivity contribution is 1.17. The molecule has 0 aliphatic heterocycles. The van der Waals surface area contributed by atoms with Crippen molar-refractivity contribution < 1.29 is 0 Å². The number of aryl methyl sites for hydroxylation is 2. The molecule has 0 aliphatic carbocycles. The summed E-state index contributed by atoms with van der Waals surface area (Å²) < 4.78 is 0.969. The summed E-state index contributed by atoms with van der Waals surface area (Å²) in [5.74, 6) is 0.543. The number of rotatable bonds is 2. The van der Waals surface area contributed by atoms with Crippen molar-refractivity contribution in [2.24, 2.45) is 0 Å². The van der Waals surface area contributed by atoms with Crippen LogP contribution in [-0.2, 0) is 0 Å². The van der Waals surface area contributed by atoms with E-state index in [1.54, 1.807) is 12.4 Å². The molecule has 0 aliphatic rings. The van der Waals surface area contributed by atoms with Crippen molar-refractivity contribution in [1.29, 1.82) is 0 Å². The molecular formula is C19H14BrN3OS. The summed E-state index contributed by atoms with van der Waals surface area (Å²) in [6.45, 7) is 4.07. The van der Waals surface area contributed by atoms with E-state index in [-0.39, 0.29) is 5.56 Å². The monoisotopic (exact) mass is 411 g/mol. The third-order valence-corrected chi connectivity index (χ3v) is 5.75. The van der Waals surface area contributed by atoms with Crippen molar-refractivity contribution >= 4 is 37.5 Å². The number of aromatic nitrogens is 3. The van der Waals surface area contributed by atoms with Gasteiger partial charge in [-0.2, -0.15) is 0 Å². The van der Waals surface area contributed by atoms with E-state index in [0.717, 1.165) is 36.4 Å². The van der Waals surface area contributed by atoms with Gasteiger partial charge in [-0.1, -0.05) is 33.6 Å². The molecule has 0 amide bonds. The van der Waals surface area contributed by atoms with Crippen LogP contribution in [0, 0.1) is 13.8 Å². The van der Waals surface area contributed by atoms with Crippen LogP contribution in [0.3, 0.4) is 0 Å². The standard InChI is InChI=1S/C19H14BrN3OS/c1-10-5-6-14(20)13(8-10)15-11(2)25-19-16(15)18(24)22-17(23-19)12-4-3-7-21-9-12/h3-9H,1-2H3,(H,22,23,24). The highest BCUT2D eigenvalue weighted by Gasteiger charge is 2.19. The number of benzene rings is 1. The van der Waals surface area contributed by atoms with Gasteiger partial charge in [-0.3, -0.25) is 9.78 Å². The zero-order valence-electron chi connectivity index (χ0n) is 13.6. The lowest BCUT2D eigenvalue weighted by Gasteiger charge is -2.07. The number of hydrogen-bond acceptors (Lipinski definition) is 4. The highest BCUT2D eigenvalue weighted by molar-refractivity contribution is 9.10. The molecule has 124 valence electrons. The number of thiophene rings is 1. The number of nitrogens with zero attached hydrogens (tertiary/aromatic N) is 2. The first kappa shape index (κ1) is 16.2. The quantitative estimate of drug-likeness (QED) is 0.499. The molecule has 4 rings (SSSR count). The van der Waals surface area contributed by atoms with E-state index in [1.165, 1.54) is 11.3 Å². The van der Waals surface area contributed by atoms with Gasteiger partial charge >= 0.3 is 0 Å². The van der Waals surface area contributed by atoms with Crippen molar-refractivity contribution in [3.05, 3.63) is 68.0 Å². The molecule has 0 spiro atoms. The van der Waals surface area contributed by atoms with Crippen LogP contribution in [0.15, 0.2) is 52.0 Å². The Morgan fingerprint density at radius 3 is 2.80 bits per heavy atom.